The maximum absolute atomic E-state index is 4.10. The maximum Gasteiger partial charge on any atom is 0.0440 e. The first kappa shape index (κ1) is 20.9. The number of allylic oxidation sites excluding steroid dienone is 3. The Balaban J connectivity index is 2.38. The summed E-state index contributed by atoms with van der Waals surface area (Å²) >= 11 is 0. The molecular formula is C28H33N. The molecule has 1 heterocycles. The zero-order chi connectivity index (χ0) is 21.1. The molecule has 0 spiro atoms. The number of aryl methyl sites for hydroxylation is 1. The Hall–Kier alpha value is -2.80. The fourth-order valence-electron chi connectivity index (χ4n) is 4.63. The van der Waals surface area contributed by atoms with E-state index in [1.54, 1.807) is 0 Å². The first-order valence-electron chi connectivity index (χ1n) is 10.5. The van der Waals surface area contributed by atoms with Crippen molar-refractivity contribution in [3.63, 3.8) is 0 Å². The van der Waals surface area contributed by atoms with Gasteiger partial charge in [0.25, 0.3) is 0 Å². The van der Waals surface area contributed by atoms with Crippen LogP contribution in [0, 0.1) is 20.8 Å². The fraction of sp³-hybridized carbons (Fsp3) is 0.286. The Morgan fingerprint density at radius 2 is 1.59 bits per heavy atom. The number of fused-ring (bicyclic) bond motifs is 1. The predicted molar refractivity (Wildman–Crippen MR) is 129 cm³/mol. The second-order valence-electron chi connectivity index (χ2n) is 7.94. The van der Waals surface area contributed by atoms with E-state index in [-0.39, 0.29) is 0 Å². The lowest BCUT2D eigenvalue weighted by molar-refractivity contribution is 0.881. The predicted octanol–water partition coefficient (Wildman–Crippen LogP) is 7.06. The Bertz CT molecular complexity index is 986. The molecule has 2 aromatic carbocycles. The van der Waals surface area contributed by atoms with Gasteiger partial charge in [-0.25, -0.2) is 0 Å². The molecule has 0 fully saturated rings. The lowest BCUT2D eigenvalue weighted by Gasteiger charge is -2.30. The van der Waals surface area contributed by atoms with Gasteiger partial charge < -0.3 is 4.90 Å². The molecule has 0 radical (unpaired) electrons. The molecule has 0 bridgehead atoms. The van der Waals surface area contributed by atoms with E-state index in [1.165, 1.54) is 55.8 Å². The van der Waals surface area contributed by atoms with Crippen LogP contribution in [0.2, 0.25) is 0 Å². The van der Waals surface area contributed by atoms with Crippen molar-refractivity contribution in [2.24, 2.45) is 0 Å². The highest BCUT2D eigenvalue weighted by molar-refractivity contribution is 5.81. The highest BCUT2D eigenvalue weighted by Gasteiger charge is 2.26. The molecule has 0 N–H and O–H groups in total. The number of hydrogen-bond donors (Lipinski definition) is 0. The molecule has 0 saturated carbocycles. The molecule has 0 saturated heterocycles. The molecule has 0 unspecified atom stereocenters. The van der Waals surface area contributed by atoms with E-state index in [0.29, 0.717) is 0 Å². The quantitative estimate of drug-likeness (QED) is 0.483. The molecule has 3 rings (SSSR count). The molecule has 2 aromatic rings. The van der Waals surface area contributed by atoms with Crippen molar-refractivity contribution in [2.75, 3.05) is 18.0 Å². The summed E-state index contributed by atoms with van der Waals surface area (Å²) in [5.74, 6) is 0. The number of hydrogen-bond acceptors (Lipinski definition) is 1. The Kier molecular flexibility index (Phi) is 6.27. The van der Waals surface area contributed by atoms with Gasteiger partial charge in [-0.15, -0.1) is 6.58 Å². The van der Waals surface area contributed by atoms with E-state index >= 15 is 0 Å². The normalized spacial score (nSPS) is 13.7. The third-order valence-corrected chi connectivity index (χ3v) is 6.24. The third kappa shape index (κ3) is 3.74. The van der Waals surface area contributed by atoms with Crippen molar-refractivity contribution in [3.05, 3.63) is 101 Å². The van der Waals surface area contributed by atoms with Gasteiger partial charge in [-0.05, 0) is 78.6 Å². The molecule has 1 aliphatic rings. The summed E-state index contributed by atoms with van der Waals surface area (Å²) in [7, 11) is 0. The highest BCUT2D eigenvalue weighted by atomic mass is 15.1. The molecule has 0 amide bonds. The van der Waals surface area contributed by atoms with Gasteiger partial charge in [0.1, 0.15) is 0 Å². The van der Waals surface area contributed by atoms with E-state index < -0.39 is 0 Å². The number of rotatable bonds is 6. The molecule has 150 valence electrons. The summed E-state index contributed by atoms with van der Waals surface area (Å²) in [6.07, 6.45) is 7.81. The second kappa shape index (κ2) is 8.69. The Labute approximate surface area is 176 Å². The topological polar surface area (TPSA) is 3.24 Å². The van der Waals surface area contributed by atoms with Crippen LogP contribution in [0.25, 0.3) is 11.1 Å². The van der Waals surface area contributed by atoms with Gasteiger partial charge in [0.2, 0.25) is 0 Å². The summed E-state index contributed by atoms with van der Waals surface area (Å²) in [5, 5.41) is 0. The van der Waals surface area contributed by atoms with Crippen LogP contribution in [-0.2, 0) is 12.8 Å². The average molecular weight is 384 g/mol. The largest absolute Gasteiger partial charge is 0.367 e. The molecule has 0 aliphatic carbocycles. The second-order valence-corrected chi connectivity index (χ2v) is 7.94. The van der Waals surface area contributed by atoms with Crippen LogP contribution in [0.15, 0.2) is 73.4 Å². The first-order valence-corrected chi connectivity index (χ1v) is 10.5. The minimum atomic E-state index is 0.872. The lowest BCUT2D eigenvalue weighted by Crippen LogP contribution is -2.26. The molecule has 1 heteroatoms. The van der Waals surface area contributed by atoms with Crippen LogP contribution in [0.3, 0.4) is 0 Å². The van der Waals surface area contributed by atoms with E-state index in [1.807, 2.05) is 18.2 Å². The summed E-state index contributed by atoms with van der Waals surface area (Å²) in [5.41, 5.74) is 13.4. The van der Waals surface area contributed by atoms with Crippen LogP contribution in [0.1, 0.15) is 34.7 Å². The highest BCUT2D eigenvalue weighted by Crippen LogP contribution is 2.42. The van der Waals surface area contributed by atoms with Gasteiger partial charge >= 0.3 is 0 Å². The average Bonchev–Trinajstić information content (AvgIpc) is 2.89. The van der Waals surface area contributed by atoms with Gasteiger partial charge in [-0.2, -0.15) is 0 Å². The molecule has 0 aromatic heterocycles. The molecular weight excluding hydrogens is 350 g/mol. The van der Waals surface area contributed by atoms with Gasteiger partial charge in [0, 0.05) is 25.2 Å². The molecule has 1 aliphatic heterocycles. The van der Waals surface area contributed by atoms with Crippen molar-refractivity contribution in [1.82, 2.24) is 0 Å². The van der Waals surface area contributed by atoms with Crippen LogP contribution in [0.5, 0.6) is 0 Å². The van der Waals surface area contributed by atoms with Gasteiger partial charge in [0.05, 0.1) is 0 Å². The minimum Gasteiger partial charge on any atom is -0.367 e. The smallest absolute Gasteiger partial charge is 0.0440 e. The first-order chi connectivity index (χ1) is 14.0. The van der Waals surface area contributed by atoms with Gasteiger partial charge in [-0.3, -0.25) is 0 Å². The monoisotopic (exact) mass is 383 g/mol. The standard InChI is InChI=1S/C28H33N/c1-8-12-25-21(7)28-26(17-22(9-2)23(10-3)18-29(28)11-4)20(6)27(25)24-15-13-19(5)14-16-24/h8-10,13-16H,1-3,11-12,17-18H2,4-7H3. The van der Waals surface area contributed by atoms with E-state index in [0.717, 1.165) is 25.9 Å². The van der Waals surface area contributed by atoms with E-state index in [9.17, 15) is 0 Å². The number of benzene rings is 2. The minimum absolute atomic E-state index is 0.872. The van der Waals surface area contributed by atoms with Gasteiger partial charge in [-0.1, -0.05) is 61.2 Å². The van der Waals surface area contributed by atoms with Crippen molar-refractivity contribution >= 4 is 5.69 Å². The van der Waals surface area contributed by atoms with Crippen molar-refractivity contribution < 1.29 is 0 Å². The lowest BCUT2D eigenvalue weighted by atomic mass is 9.83. The zero-order valence-corrected chi connectivity index (χ0v) is 18.4. The van der Waals surface area contributed by atoms with Crippen molar-refractivity contribution in [2.45, 2.75) is 40.5 Å². The number of likely N-dealkylation sites (N-methyl/N-ethyl adjacent to an activating group) is 1. The third-order valence-electron chi connectivity index (χ3n) is 6.24. The number of nitrogens with zero attached hydrogens (tertiary/aromatic N) is 1. The SMILES string of the molecule is C=CCc1c(C)c2c(c(C)c1-c1ccc(C)cc1)CC(C=C)=C(C=C)CN2CC. The molecule has 1 nitrogen and oxygen atoms in total. The van der Waals surface area contributed by atoms with E-state index in [4.69, 9.17) is 0 Å². The van der Waals surface area contributed by atoms with Crippen LogP contribution in [0.4, 0.5) is 5.69 Å². The van der Waals surface area contributed by atoms with Crippen LogP contribution >= 0.6 is 0 Å². The van der Waals surface area contributed by atoms with E-state index in [2.05, 4.69) is 76.6 Å². The van der Waals surface area contributed by atoms with Crippen molar-refractivity contribution in [3.8, 4) is 11.1 Å². The number of anilines is 1. The Morgan fingerprint density at radius 3 is 2.14 bits per heavy atom. The van der Waals surface area contributed by atoms with Crippen molar-refractivity contribution in [1.29, 1.82) is 0 Å². The molecule has 29 heavy (non-hydrogen) atoms. The zero-order valence-electron chi connectivity index (χ0n) is 18.4. The van der Waals surface area contributed by atoms with Crippen LogP contribution in [-0.4, -0.2) is 13.1 Å². The summed E-state index contributed by atoms with van der Waals surface area (Å²) < 4.78 is 0. The van der Waals surface area contributed by atoms with Gasteiger partial charge in [0.15, 0.2) is 0 Å². The van der Waals surface area contributed by atoms with Crippen LogP contribution < -0.4 is 4.90 Å². The fourth-order valence-corrected chi connectivity index (χ4v) is 4.63. The summed E-state index contributed by atoms with van der Waals surface area (Å²) in [6.45, 7) is 23.0. The Morgan fingerprint density at radius 1 is 0.931 bits per heavy atom. The summed E-state index contributed by atoms with van der Waals surface area (Å²) in [4.78, 5) is 2.50. The molecule has 0 atom stereocenters. The summed E-state index contributed by atoms with van der Waals surface area (Å²) in [6, 6.07) is 8.92. The maximum atomic E-state index is 4.10.